The molecule has 0 saturated heterocycles. The molecule has 0 fully saturated rings. The summed E-state index contributed by atoms with van der Waals surface area (Å²) < 4.78 is 0. The minimum atomic E-state index is 0. The molecular formula is C17H26ClN3O2. The van der Waals surface area contributed by atoms with Gasteiger partial charge in [0, 0.05) is 37.3 Å². The number of carbonyl (C=O) groups is 2. The maximum absolute atomic E-state index is 12.4. The summed E-state index contributed by atoms with van der Waals surface area (Å²) in [7, 11) is 0. The number of nitrogens with zero attached hydrogens (tertiary/aromatic N) is 1. The van der Waals surface area contributed by atoms with E-state index in [-0.39, 0.29) is 24.2 Å². The number of anilines is 2. The summed E-state index contributed by atoms with van der Waals surface area (Å²) in [6, 6.07) is 5.70. The van der Waals surface area contributed by atoms with Crippen molar-refractivity contribution in [2.45, 2.75) is 39.5 Å². The van der Waals surface area contributed by atoms with Gasteiger partial charge in [0.25, 0.3) is 0 Å². The number of amides is 2. The molecule has 5 nitrogen and oxygen atoms in total. The molecule has 23 heavy (non-hydrogen) atoms. The SMILES string of the molecule is CC(C)CC(=O)NCCC(=O)N1CCCc2c(N)cccc21.Cl. The van der Waals surface area contributed by atoms with E-state index in [2.05, 4.69) is 5.32 Å². The summed E-state index contributed by atoms with van der Waals surface area (Å²) in [5.41, 5.74) is 8.73. The molecule has 1 aromatic rings. The van der Waals surface area contributed by atoms with E-state index in [9.17, 15) is 9.59 Å². The molecule has 0 atom stereocenters. The van der Waals surface area contributed by atoms with Crippen LogP contribution < -0.4 is 16.0 Å². The molecule has 6 heteroatoms. The lowest BCUT2D eigenvalue weighted by Gasteiger charge is -2.30. The van der Waals surface area contributed by atoms with Crippen molar-refractivity contribution >= 4 is 35.6 Å². The van der Waals surface area contributed by atoms with E-state index < -0.39 is 0 Å². The fourth-order valence-electron chi connectivity index (χ4n) is 2.80. The monoisotopic (exact) mass is 339 g/mol. The summed E-state index contributed by atoms with van der Waals surface area (Å²) in [4.78, 5) is 25.8. The second-order valence-electron chi connectivity index (χ2n) is 6.19. The Labute approximate surface area is 144 Å². The summed E-state index contributed by atoms with van der Waals surface area (Å²) in [5.74, 6) is 0.370. The molecule has 128 valence electrons. The Bertz CT molecular complexity index is 561. The Morgan fingerprint density at radius 1 is 1.35 bits per heavy atom. The topological polar surface area (TPSA) is 75.4 Å². The molecule has 0 aromatic heterocycles. The van der Waals surface area contributed by atoms with E-state index in [1.54, 1.807) is 4.90 Å². The smallest absolute Gasteiger partial charge is 0.228 e. The second-order valence-corrected chi connectivity index (χ2v) is 6.19. The van der Waals surface area contributed by atoms with Gasteiger partial charge in [-0.05, 0) is 36.5 Å². The zero-order valence-electron chi connectivity index (χ0n) is 13.8. The molecule has 0 bridgehead atoms. The molecule has 2 rings (SSSR count). The number of halogens is 1. The first-order chi connectivity index (χ1) is 10.5. The second kappa shape index (κ2) is 8.77. The van der Waals surface area contributed by atoms with Crippen molar-refractivity contribution in [3.05, 3.63) is 23.8 Å². The Morgan fingerprint density at radius 2 is 2.09 bits per heavy atom. The van der Waals surface area contributed by atoms with E-state index in [1.165, 1.54) is 0 Å². The Hall–Kier alpha value is -1.75. The van der Waals surface area contributed by atoms with Gasteiger partial charge in [0.2, 0.25) is 11.8 Å². The average Bonchev–Trinajstić information content (AvgIpc) is 2.46. The molecule has 3 N–H and O–H groups in total. The van der Waals surface area contributed by atoms with Crippen LogP contribution >= 0.6 is 12.4 Å². The summed E-state index contributed by atoms with van der Waals surface area (Å²) in [6.07, 6.45) is 2.65. The highest BCUT2D eigenvalue weighted by Gasteiger charge is 2.23. The largest absolute Gasteiger partial charge is 0.398 e. The summed E-state index contributed by atoms with van der Waals surface area (Å²) in [5, 5.41) is 2.81. The van der Waals surface area contributed by atoms with Crippen LogP contribution in [-0.2, 0) is 16.0 Å². The van der Waals surface area contributed by atoms with Gasteiger partial charge in [-0.1, -0.05) is 19.9 Å². The van der Waals surface area contributed by atoms with Gasteiger partial charge in [-0.25, -0.2) is 0 Å². The van der Waals surface area contributed by atoms with Gasteiger partial charge in [-0.3, -0.25) is 9.59 Å². The molecule has 0 saturated carbocycles. The Balaban J connectivity index is 0.00000264. The molecule has 0 spiro atoms. The number of nitrogen functional groups attached to an aromatic ring is 1. The first-order valence-electron chi connectivity index (χ1n) is 7.93. The van der Waals surface area contributed by atoms with Crippen molar-refractivity contribution in [2.75, 3.05) is 23.7 Å². The molecule has 0 aliphatic carbocycles. The Morgan fingerprint density at radius 3 is 2.78 bits per heavy atom. The third-order valence-corrected chi connectivity index (χ3v) is 3.84. The van der Waals surface area contributed by atoms with Crippen molar-refractivity contribution in [1.82, 2.24) is 5.32 Å². The van der Waals surface area contributed by atoms with Crippen LogP contribution in [0.3, 0.4) is 0 Å². The van der Waals surface area contributed by atoms with Gasteiger partial charge in [0.1, 0.15) is 0 Å². The van der Waals surface area contributed by atoms with Crippen LogP contribution in [0, 0.1) is 5.92 Å². The van der Waals surface area contributed by atoms with E-state index in [4.69, 9.17) is 5.73 Å². The van der Waals surface area contributed by atoms with Gasteiger partial charge in [-0.15, -0.1) is 12.4 Å². The number of benzene rings is 1. The Kier molecular flexibility index (Phi) is 7.36. The van der Waals surface area contributed by atoms with Crippen LogP contribution in [0.1, 0.15) is 38.7 Å². The summed E-state index contributed by atoms with van der Waals surface area (Å²) >= 11 is 0. The molecular weight excluding hydrogens is 314 g/mol. The maximum Gasteiger partial charge on any atom is 0.228 e. The number of nitrogens with two attached hydrogens (primary N) is 1. The van der Waals surface area contributed by atoms with Gasteiger partial charge in [0.15, 0.2) is 0 Å². The van der Waals surface area contributed by atoms with E-state index in [0.29, 0.717) is 25.3 Å². The highest BCUT2D eigenvalue weighted by molar-refractivity contribution is 5.95. The van der Waals surface area contributed by atoms with Gasteiger partial charge in [-0.2, -0.15) is 0 Å². The fourth-order valence-corrected chi connectivity index (χ4v) is 2.80. The molecule has 1 aromatic carbocycles. The lowest BCUT2D eigenvalue weighted by Crippen LogP contribution is -2.38. The molecule has 0 unspecified atom stereocenters. The van der Waals surface area contributed by atoms with Crippen LogP contribution in [0.2, 0.25) is 0 Å². The lowest BCUT2D eigenvalue weighted by atomic mass is 9.99. The molecule has 2 amide bonds. The predicted molar refractivity (Wildman–Crippen MR) is 95.9 cm³/mol. The van der Waals surface area contributed by atoms with Crippen LogP contribution in [-0.4, -0.2) is 24.9 Å². The van der Waals surface area contributed by atoms with Crippen LogP contribution in [0.4, 0.5) is 11.4 Å². The standard InChI is InChI=1S/C17H25N3O2.ClH/c1-12(2)11-16(21)19-9-8-17(22)20-10-4-5-13-14(18)6-3-7-15(13)20;/h3,6-7,12H,4-5,8-11,18H2,1-2H3,(H,19,21);1H. The van der Waals surface area contributed by atoms with Crippen molar-refractivity contribution in [2.24, 2.45) is 5.92 Å². The number of carbonyl (C=O) groups excluding carboxylic acids is 2. The molecule has 1 aliphatic heterocycles. The normalized spacial score (nSPS) is 13.3. The van der Waals surface area contributed by atoms with Crippen LogP contribution in [0.15, 0.2) is 18.2 Å². The molecule has 1 aliphatic rings. The van der Waals surface area contributed by atoms with Crippen LogP contribution in [0.5, 0.6) is 0 Å². The van der Waals surface area contributed by atoms with Crippen molar-refractivity contribution in [1.29, 1.82) is 0 Å². The van der Waals surface area contributed by atoms with Gasteiger partial charge < -0.3 is 16.0 Å². The zero-order chi connectivity index (χ0) is 16.1. The minimum absolute atomic E-state index is 0. The predicted octanol–water partition coefficient (Wildman–Crippen LogP) is 2.52. The van der Waals surface area contributed by atoms with E-state index in [0.717, 1.165) is 36.3 Å². The van der Waals surface area contributed by atoms with Gasteiger partial charge in [0.05, 0.1) is 0 Å². The maximum atomic E-state index is 12.4. The summed E-state index contributed by atoms with van der Waals surface area (Å²) in [6.45, 7) is 5.10. The molecule has 1 heterocycles. The third-order valence-electron chi connectivity index (χ3n) is 3.84. The first-order valence-corrected chi connectivity index (χ1v) is 7.93. The number of fused-ring (bicyclic) bond motifs is 1. The minimum Gasteiger partial charge on any atom is -0.398 e. The number of hydrogen-bond donors (Lipinski definition) is 2. The van der Waals surface area contributed by atoms with Crippen molar-refractivity contribution < 1.29 is 9.59 Å². The molecule has 0 radical (unpaired) electrons. The van der Waals surface area contributed by atoms with E-state index in [1.807, 2.05) is 32.0 Å². The third kappa shape index (κ3) is 5.13. The van der Waals surface area contributed by atoms with Crippen molar-refractivity contribution in [3.8, 4) is 0 Å². The number of nitrogens with one attached hydrogen (secondary N) is 1. The first kappa shape index (κ1) is 19.3. The zero-order valence-corrected chi connectivity index (χ0v) is 14.6. The van der Waals surface area contributed by atoms with Gasteiger partial charge >= 0.3 is 0 Å². The van der Waals surface area contributed by atoms with Crippen LogP contribution in [0.25, 0.3) is 0 Å². The number of hydrogen-bond acceptors (Lipinski definition) is 3. The highest BCUT2D eigenvalue weighted by atomic mass is 35.5. The van der Waals surface area contributed by atoms with E-state index >= 15 is 0 Å². The highest BCUT2D eigenvalue weighted by Crippen LogP contribution is 2.31. The van der Waals surface area contributed by atoms with Crippen molar-refractivity contribution in [3.63, 3.8) is 0 Å². The lowest BCUT2D eigenvalue weighted by molar-refractivity contribution is -0.122. The quantitative estimate of drug-likeness (QED) is 0.809. The number of rotatable bonds is 5. The average molecular weight is 340 g/mol. The fraction of sp³-hybridized carbons (Fsp3) is 0.529.